The van der Waals surface area contributed by atoms with E-state index in [9.17, 15) is 27.2 Å². The lowest BCUT2D eigenvalue weighted by molar-refractivity contribution is -0.146. The highest BCUT2D eigenvalue weighted by atomic mass is 19.4. The lowest BCUT2D eigenvalue weighted by Crippen LogP contribution is -2.23. The van der Waals surface area contributed by atoms with Crippen molar-refractivity contribution in [2.75, 3.05) is 0 Å². The Labute approximate surface area is 181 Å². The molecule has 2 aromatic carbocycles. The predicted octanol–water partition coefficient (Wildman–Crippen LogP) is 3.45. The highest BCUT2D eigenvalue weighted by Gasteiger charge is 2.30. The molecular formula is C20H12F4N4O5. The van der Waals surface area contributed by atoms with Gasteiger partial charge in [-0.2, -0.15) is 22.8 Å². The molecule has 0 amide bonds. The van der Waals surface area contributed by atoms with Gasteiger partial charge in [0, 0.05) is 11.1 Å². The van der Waals surface area contributed by atoms with Gasteiger partial charge in [0.25, 0.3) is 5.89 Å². The average molecular weight is 464 g/mol. The second-order valence-electron chi connectivity index (χ2n) is 6.59. The first-order chi connectivity index (χ1) is 15.7. The predicted molar refractivity (Wildman–Crippen MR) is 101 cm³/mol. The zero-order valence-corrected chi connectivity index (χ0v) is 16.4. The minimum Gasteiger partial charge on any atom is -0.454 e. The maximum absolute atomic E-state index is 13.0. The van der Waals surface area contributed by atoms with Gasteiger partial charge in [-0.25, -0.2) is 9.18 Å². The Hall–Kier alpha value is -4.29. The number of rotatable bonds is 6. The maximum atomic E-state index is 13.0. The number of benzene rings is 2. The molecule has 0 radical (unpaired) electrons. The van der Waals surface area contributed by atoms with Crippen LogP contribution in [0.4, 0.5) is 17.6 Å². The summed E-state index contributed by atoms with van der Waals surface area (Å²) < 4.78 is 67.0. The van der Waals surface area contributed by atoms with Crippen LogP contribution < -0.4 is 5.76 Å². The molecule has 0 aliphatic carbocycles. The summed E-state index contributed by atoms with van der Waals surface area (Å²) >= 11 is 0. The Kier molecular flexibility index (Phi) is 5.77. The molecule has 33 heavy (non-hydrogen) atoms. The fraction of sp³-hybridized carbons (Fsp3) is 0.150. The number of carbonyl (C=O) groups is 1. The number of ether oxygens (including phenoxy) is 1. The molecule has 9 nitrogen and oxygen atoms in total. The number of hydrogen-bond donors (Lipinski definition) is 0. The first kappa shape index (κ1) is 21.9. The first-order valence-corrected chi connectivity index (χ1v) is 9.19. The molecule has 0 aliphatic heterocycles. The topological polar surface area (TPSA) is 113 Å². The van der Waals surface area contributed by atoms with E-state index < -0.39 is 42.4 Å². The normalized spacial score (nSPS) is 11.5. The van der Waals surface area contributed by atoms with E-state index in [0.29, 0.717) is 10.2 Å². The van der Waals surface area contributed by atoms with Crippen molar-refractivity contribution in [1.29, 1.82) is 0 Å². The van der Waals surface area contributed by atoms with Crippen molar-refractivity contribution >= 4 is 5.97 Å². The maximum Gasteiger partial charge on any atom is 0.437 e. The van der Waals surface area contributed by atoms with Crippen LogP contribution in [0.25, 0.3) is 22.8 Å². The SMILES string of the molecule is O=C(Cn1nc(-c2ccc(F)cc2)oc1=O)OCc1nc(-c2cccc(C(F)(F)F)c2)no1. The molecule has 0 unspecified atom stereocenters. The van der Waals surface area contributed by atoms with Gasteiger partial charge in [0.15, 0.2) is 6.61 Å². The standard InChI is InChI=1S/C20H12F4N4O5/c21-14-6-4-11(5-7-14)18-26-28(19(30)32-18)9-16(29)31-10-15-25-17(27-33-15)12-2-1-3-13(8-12)20(22,23)24/h1-8H,9-10H2. The number of esters is 1. The molecular weight excluding hydrogens is 452 g/mol. The zero-order valence-electron chi connectivity index (χ0n) is 16.4. The summed E-state index contributed by atoms with van der Waals surface area (Å²) in [6.45, 7) is -1.08. The van der Waals surface area contributed by atoms with E-state index >= 15 is 0 Å². The lowest BCUT2D eigenvalue weighted by Gasteiger charge is -2.06. The summed E-state index contributed by atoms with van der Waals surface area (Å²) in [6.07, 6.45) is -4.53. The number of nitrogens with zero attached hydrogens (tertiary/aromatic N) is 4. The molecule has 0 fully saturated rings. The summed E-state index contributed by atoms with van der Waals surface area (Å²) in [5.74, 6) is -2.72. The largest absolute Gasteiger partial charge is 0.454 e. The van der Waals surface area contributed by atoms with E-state index in [2.05, 4.69) is 15.2 Å². The van der Waals surface area contributed by atoms with Gasteiger partial charge in [0.2, 0.25) is 11.7 Å². The monoisotopic (exact) mass is 464 g/mol. The Morgan fingerprint density at radius 1 is 1.09 bits per heavy atom. The molecule has 0 spiro atoms. The van der Waals surface area contributed by atoms with Crippen LogP contribution in [0.15, 0.2) is 62.3 Å². The molecule has 0 saturated carbocycles. The van der Waals surface area contributed by atoms with Gasteiger partial charge in [-0.3, -0.25) is 4.79 Å². The third kappa shape index (κ3) is 5.14. The number of carbonyl (C=O) groups excluding carboxylic acids is 1. The number of halogens is 4. The van der Waals surface area contributed by atoms with Crippen molar-refractivity contribution in [2.45, 2.75) is 19.3 Å². The van der Waals surface area contributed by atoms with Gasteiger partial charge < -0.3 is 13.7 Å². The van der Waals surface area contributed by atoms with Crippen LogP contribution >= 0.6 is 0 Å². The third-order valence-electron chi connectivity index (χ3n) is 4.25. The Bertz CT molecular complexity index is 1340. The smallest absolute Gasteiger partial charge is 0.437 e. The molecule has 0 N–H and O–H groups in total. The molecule has 0 bridgehead atoms. The van der Waals surface area contributed by atoms with Crippen molar-refractivity contribution in [3.8, 4) is 22.8 Å². The van der Waals surface area contributed by atoms with Crippen LogP contribution in [-0.4, -0.2) is 25.9 Å². The molecule has 13 heteroatoms. The van der Waals surface area contributed by atoms with Crippen LogP contribution in [0.3, 0.4) is 0 Å². The van der Waals surface area contributed by atoms with Crippen LogP contribution in [-0.2, 0) is 28.9 Å². The van der Waals surface area contributed by atoms with Crippen LogP contribution in [0.1, 0.15) is 11.5 Å². The van der Waals surface area contributed by atoms with Crippen molar-refractivity contribution in [1.82, 2.24) is 19.9 Å². The highest BCUT2D eigenvalue weighted by Crippen LogP contribution is 2.31. The van der Waals surface area contributed by atoms with Crippen LogP contribution in [0, 0.1) is 5.82 Å². The van der Waals surface area contributed by atoms with Gasteiger partial charge in [0.05, 0.1) is 5.56 Å². The Morgan fingerprint density at radius 2 is 1.85 bits per heavy atom. The van der Waals surface area contributed by atoms with Crippen LogP contribution in [0.5, 0.6) is 0 Å². The van der Waals surface area contributed by atoms with Gasteiger partial charge in [-0.1, -0.05) is 17.3 Å². The molecule has 0 atom stereocenters. The van der Waals surface area contributed by atoms with Crippen molar-refractivity contribution < 1.29 is 36.0 Å². The number of alkyl halides is 3. The second-order valence-corrected chi connectivity index (χ2v) is 6.59. The molecule has 170 valence electrons. The minimum atomic E-state index is -4.53. The summed E-state index contributed by atoms with van der Waals surface area (Å²) in [7, 11) is 0. The van der Waals surface area contributed by atoms with Crippen LogP contribution in [0.2, 0.25) is 0 Å². The summed E-state index contributed by atoms with van der Waals surface area (Å²) in [5, 5.41) is 7.42. The third-order valence-corrected chi connectivity index (χ3v) is 4.25. The van der Waals surface area contributed by atoms with E-state index in [1.54, 1.807) is 0 Å². The van der Waals surface area contributed by atoms with Gasteiger partial charge >= 0.3 is 17.9 Å². The molecule has 2 heterocycles. The van der Waals surface area contributed by atoms with Gasteiger partial charge in [-0.15, -0.1) is 5.10 Å². The van der Waals surface area contributed by atoms with Crippen molar-refractivity contribution in [3.05, 3.63) is 76.4 Å². The first-order valence-electron chi connectivity index (χ1n) is 9.19. The van der Waals surface area contributed by atoms with E-state index in [4.69, 9.17) is 13.7 Å². The minimum absolute atomic E-state index is 0.0635. The fourth-order valence-corrected chi connectivity index (χ4v) is 2.69. The van der Waals surface area contributed by atoms with E-state index in [1.807, 2.05) is 0 Å². The number of hydrogen-bond acceptors (Lipinski definition) is 8. The zero-order chi connectivity index (χ0) is 23.6. The average Bonchev–Trinajstić information content (AvgIpc) is 3.39. The van der Waals surface area contributed by atoms with Gasteiger partial charge in [-0.05, 0) is 36.4 Å². The van der Waals surface area contributed by atoms with Crippen molar-refractivity contribution in [2.24, 2.45) is 0 Å². The van der Waals surface area contributed by atoms with E-state index in [0.717, 1.165) is 24.3 Å². The summed E-state index contributed by atoms with van der Waals surface area (Å²) in [4.78, 5) is 27.8. The molecule has 0 aliphatic rings. The fourth-order valence-electron chi connectivity index (χ4n) is 2.69. The summed E-state index contributed by atoms with van der Waals surface area (Å²) in [5.41, 5.74) is -0.488. The lowest BCUT2D eigenvalue weighted by atomic mass is 10.1. The summed E-state index contributed by atoms with van der Waals surface area (Å²) in [6, 6.07) is 9.33. The highest BCUT2D eigenvalue weighted by molar-refractivity contribution is 5.69. The second kappa shape index (κ2) is 8.68. The van der Waals surface area contributed by atoms with Crippen molar-refractivity contribution in [3.63, 3.8) is 0 Å². The molecule has 4 aromatic rings. The molecule has 2 aromatic heterocycles. The van der Waals surface area contributed by atoms with E-state index in [-0.39, 0.29) is 23.2 Å². The van der Waals surface area contributed by atoms with E-state index in [1.165, 1.54) is 24.3 Å². The van der Waals surface area contributed by atoms with Gasteiger partial charge in [0.1, 0.15) is 12.4 Å². The quantitative estimate of drug-likeness (QED) is 0.315. The Morgan fingerprint density at radius 3 is 2.58 bits per heavy atom. The Balaban J connectivity index is 1.38. The number of aromatic nitrogens is 4. The molecule has 0 saturated heterocycles. The molecule has 4 rings (SSSR count).